The highest BCUT2D eigenvalue weighted by molar-refractivity contribution is 5.88. The normalized spacial score (nSPS) is 11.6. The Morgan fingerprint density at radius 3 is 2.58 bits per heavy atom. The second-order valence-corrected chi connectivity index (χ2v) is 8.31. The molecular weight excluding hydrogens is 390 g/mol. The van der Waals surface area contributed by atoms with Gasteiger partial charge in [0.05, 0.1) is 12.1 Å². The van der Waals surface area contributed by atoms with Gasteiger partial charge in [0.1, 0.15) is 12.4 Å². The quantitative estimate of drug-likeness (QED) is 0.320. The molecule has 5 heteroatoms. The number of allylic oxidation sites excluding steroid dienone is 3. The van der Waals surface area contributed by atoms with Crippen molar-refractivity contribution in [1.29, 1.82) is 0 Å². The number of unbranched alkanes of at least 4 members (excludes halogenated alkanes) is 3. The van der Waals surface area contributed by atoms with Crippen LogP contribution in [0.5, 0.6) is 17.2 Å². The number of fused-ring (bicyclic) bond motifs is 1. The molecule has 0 aliphatic heterocycles. The Labute approximate surface area is 186 Å². The van der Waals surface area contributed by atoms with Gasteiger partial charge in [0.25, 0.3) is 5.56 Å². The van der Waals surface area contributed by atoms with E-state index in [4.69, 9.17) is 9.47 Å². The van der Waals surface area contributed by atoms with Gasteiger partial charge in [-0.15, -0.1) is 0 Å². The molecule has 2 rings (SSSR count). The van der Waals surface area contributed by atoms with Gasteiger partial charge in [-0.3, -0.25) is 4.79 Å². The number of aromatic nitrogens is 1. The van der Waals surface area contributed by atoms with Crippen LogP contribution in [0.15, 0.2) is 46.3 Å². The summed E-state index contributed by atoms with van der Waals surface area (Å²) in [7, 11) is 1.69. The molecule has 0 spiro atoms. The summed E-state index contributed by atoms with van der Waals surface area (Å²) >= 11 is 0. The zero-order valence-corrected chi connectivity index (χ0v) is 19.7. The molecule has 0 fully saturated rings. The van der Waals surface area contributed by atoms with Crippen molar-refractivity contribution in [1.82, 2.24) is 4.57 Å². The summed E-state index contributed by atoms with van der Waals surface area (Å²) < 4.78 is 13.0. The Morgan fingerprint density at radius 2 is 1.87 bits per heavy atom. The summed E-state index contributed by atoms with van der Waals surface area (Å²) in [4.78, 5) is 12.7. The molecule has 5 nitrogen and oxygen atoms in total. The number of benzene rings is 1. The molecule has 0 radical (unpaired) electrons. The van der Waals surface area contributed by atoms with Crippen LogP contribution in [0.2, 0.25) is 0 Å². The molecule has 0 aliphatic rings. The second-order valence-electron chi connectivity index (χ2n) is 8.31. The fraction of sp³-hybridized carbons (Fsp3) is 0.500. The third kappa shape index (κ3) is 7.20. The summed E-state index contributed by atoms with van der Waals surface area (Å²) in [5.41, 5.74) is 2.89. The van der Waals surface area contributed by atoms with Crippen LogP contribution < -0.4 is 15.0 Å². The number of hydrogen-bond acceptors (Lipinski definition) is 4. The summed E-state index contributed by atoms with van der Waals surface area (Å²) in [5.74, 6) is 0.578. The molecular formula is C26H37NO4. The van der Waals surface area contributed by atoms with Gasteiger partial charge in [0.2, 0.25) is 5.75 Å². The number of nitrogens with zero attached hydrogens (tertiary/aromatic N) is 1. The zero-order valence-electron chi connectivity index (χ0n) is 19.7. The van der Waals surface area contributed by atoms with Gasteiger partial charge in [0.15, 0.2) is 5.75 Å². The summed E-state index contributed by atoms with van der Waals surface area (Å²) in [6.07, 6.45) is 10.5. The van der Waals surface area contributed by atoms with Crippen molar-refractivity contribution < 1.29 is 14.6 Å². The lowest BCUT2D eigenvalue weighted by atomic mass is 10.1. The molecule has 0 saturated carbocycles. The van der Waals surface area contributed by atoms with E-state index < -0.39 is 0 Å². The smallest absolute Gasteiger partial charge is 0.297 e. The van der Waals surface area contributed by atoms with Crippen molar-refractivity contribution in [2.45, 2.75) is 66.2 Å². The van der Waals surface area contributed by atoms with Crippen LogP contribution >= 0.6 is 0 Å². The van der Waals surface area contributed by atoms with Crippen LogP contribution in [0.4, 0.5) is 0 Å². The zero-order chi connectivity index (χ0) is 22.8. The van der Waals surface area contributed by atoms with Crippen molar-refractivity contribution in [2.24, 2.45) is 7.05 Å². The van der Waals surface area contributed by atoms with E-state index in [0.717, 1.165) is 38.5 Å². The Kier molecular flexibility index (Phi) is 9.70. The monoisotopic (exact) mass is 427 g/mol. The molecule has 2 aromatic rings. The standard InChI is InChI=1S/C26H37NO4/c1-6-7-8-9-16-31-25-24(28)22-14-13-21(18-23(22)27(5)26(25)29)30-17-15-20(4)12-10-11-19(2)3/h11,13-15,18,28H,6-10,12,16-17H2,1-5H3/b20-15+. The molecule has 1 aromatic heterocycles. The Morgan fingerprint density at radius 1 is 1.10 bits per heavy atom. The van der Waals surface area contributed by atoms with E-state index in [9.17, 15) is 9.90 Å². The number of ether oxygens (including phenoxy) is 2. The summed E-state index contributed by atoms with van der Waals surface area (Å²) in [6, 6.07) is 5.37. The number of rotatable bonds is 12. The molecule has 0 saturated heterocycles. The first-order valence-electron chi connectivity index (χ1n) is 11.3. The lowest BCUT2D eigenvalue weighted by molar-refractivity contribution is 0.285. The van der Waals surface area contributed by atoms with E-state index in [-0.39, 0.29) is 17.1 Å². The maximum Gasteiger partial charge on any atom is 0.297 e. The molecule has 170 valence electrons. The lowest BCUT2D eigenvalue weighted by Crippen LogP contribution is -2.20. The summed E-state index contributed by atoms with van der Waals surface area (Å²) in [6.45, 7) is 9.35. The van der Waals surface area contributed by atoms with Gasteiger partial charge in [-0.2, -0.15) is 0 Å². The molecule has 1 heterocycles. The first kappa shape index (κ1) is 24.6. The molecule has 1 N–H and O–H groups in total. The minimum absolute atomic E-state index is 0.0232. The fourth-order valence-electron chi connectivity index (χ4n) is 3.37. The van der Waals surface area contributed by atoms with Crippen LogP contribution in [0, 0.1) is 0 Å². The molecule has 31 heavy (non-hydrogen) atoms. The van der Waals surface area contributed by atoms with Crippen LogP contribution in [0.25, 0.3) is 10.9 Å². The molecule has 0 atom stereocenters. The van der Waals surface area contributed by atoms with Crippen LogP contribution in [-0.4, -0.2) is 22.9 Å². The van der Waals surface area contributed by atoms with Crippen molar-refractivity contribution in [3.63, 3.8) is 0 Å². The summed E-state index contributed by atoms with van der Waals surface area (Å²) in [5, 5.41) is 11.2. The highest BCUT2D eigenvalue weighted by atomic mass is 16.5. The van der Waals surface area contributed by atoms with E-state index in [2.05, 4.69) is 39.8 Å². The van der Waals surface area contributed by atoms with Crippen molar-refractivity contribution in [2.75, 3.05) is 13.2 Å². The highest BCUT2D eigenvalue weighted by Gasteiger charge is 2.16. The molecule has 0 aliphatic carbocycles. The van der Waals surface area contributed by atoms with Crippen LogP contribution in [-0.2, 0) is 7.05 Å². The van der Waals surface area contributed by atoms with Gasteiger partial charge in [-0.1, -0.05) is 43.4 Å². The Hall–Kier alpha value is -2.69. The maximum absolute atomic E-state index is 12.7. The van der Waals surface area contributed by atoms with Crippen molar-refractivity contribution in [3.8, 4) is 17.2 Å². The number of aromatic hydroxyl groups is 1. The highest BCUT2D eigenvalue weighted by Crippen LogP contribution is 2.33. The third-order valence-corrected chi connectivity index (χ3v) is 5.32. The van der Waals surface area contributed by atoms with Gasteiger partial charge >= 0.3 is 0 Å². The van der Waals surface area contributed by atoms with E-state index >= 15 is 0 Å². The molecule has 0 amide bonds. The molecule has 0 unspecified atom stereocenters. The van der Waals surface area contributed by atoms with Gasteiger partial charge in [-0.25, -0.2) is 0 Å². The van der Waals surface area contributed by atoms with E-state index in [1.807, 2.05) is 6.07 Å². The Balaban J connectivity index is 2.10. The first-order valence-corrected chi connectivity index (χ1v) is 11.3. The topological polar surface area (TPSA) is 60.7 Å². The van der Waals surface area contributed by atoms with Gasteiger partial charge < -0.3 is 19.1 Å². The largest absolute Gasteiger partial charge is 0.504 e. The average Bonchev–Trinajstić information content (AvgIpc) is 2.73. The number of hydrogen-bond donors (Lipinski definition) is 1. The first-order chi connectivity index (χ1) is 14.8. The van der Waals surface area contributed by atoms with Crippen molar-refractivity contribution >= 4 is 10.9 Å². The van der Waals surface area contributed by atoms with Crippen LogP contribution in [0.3, 0.4) is 0 Å². The average molecular weight is 428 g/mol. The van der Waals surface area contributed by atoms with Gasteiger partial charge in [0, 0.05) is 18.5 Å². The number of aryl methyl sites for hydroxylation is 1. The molecule has 1 aromatic carbocycles. The maximum atomic E-state index is 12.7. The fourth-order valence-corrected chi connectivity index (χ4v) is 3.37. The van der Waals surface area contributed by atoms with Crippen molar-refractivity contribution in [3.05, 3.63) is 51.9 Å². The van der Waals surface area contributed by atoms with Crippen LogP contribution in [0.1, 0.15) is 66.2 Å². The minimum atomic E-state index is -0.340. The second kappa shape index (κ2) is 12.2. The minimum Gasteiger partial charge on any atom is -0.504 e. The third-order valence-electron chi connectivity index (χ3n) is 5.32. The Bertz CT molecular complexity index is 981. The van der Waals surface area contributed by atoms with E-state index in [0.29, 0.717) is 29.9 Å². The SMILES string of the molecule is CCCCCCOc1c(O)c2ccc(OC/C=C(\C)CCC=C(C)C)cc2n(C)c1=O. The number of pyridine rings is 1. The van der Waals surface area contributed by atoms with E-state index in [1.165, 1.54) is 15.7 Å². The predicted molar refractivity (Wildman–Crippen MR) is 128 cm³/mol. The molecule has 0 bridgehead atoms. The van der Waals surface area contributed by atoms with Gasteiger partial charge in [-0.05, 0) is 58.2 Å². The lowest BCUT2D eigenvalue weighted by Gasteiger charge is -2.14. The predicted octanol–water partition coefficient (Wildman–Crippen LogP) is 6.27. The van der Waals surface area contributed by atoms with E-state index in [1.54, 1.807) is 19.2 Å².